The third-order valence-electron chi connectivity index (χ3n) is 2.83. The number of nitrogens with zero attached hydrogens (tertiary/aromatic N) is 2. The van der Waals surface area contributed by atoms with Gasteiger partial charge in [-0.2, -0.15) is 9.57 Å². The number of sulfonamides is 1. The van der Waals surface area contributed by atoms with Crippen molar-refractivity contribution in [3.05, 3.63) is 42.0 Å². The molecule has 108 valence electrons. The van der Waals surface area contributed by atoms with Gasteiger partial charge in [0, 0.05) is 20.2 Å². The summed E-state index contributed by atoms with van der Waals surface area (Å²) in [7, 11) is -2.09. The van der Waals surface area contributed by atoms with Gasteiger partial charge < -0.3 is 4.74 Å². The highest BCUT2D eigenvalue weighted by Crippen LogP contribution is 2.19. The summed E-state index contributed by atoms with van der Waals surface area (Å²) in [5.74, 6) is 0. The van der Waals surface area contributed by atoms with Crippen LogP contribution in [0.4, 0.5) is 0 Å². The minimum Gasteiger partial charge on any atom is -0.383 e. The predicted molar refractivity (Wildman–Crippen MR) is 76.7 cm³/mol. The zero-order chi connectivity index (χ0) is 15.2. The van der Waals surface area contributed by atoms with Gasteiger partial charge in [-0.25, -0.2) is 8.42 Å². The Morgan fingerprint density at radius 1 is 1.50 bits per heavy atom. The lowest BCUT2D eigenvalue weighted by molar-refractivity contribution is 0.182. The van der Waals surface area contributed by atoms with Gasteiger partial charge in [0.2, 0.25) is 10.0 Å². The van der Waals surface area contributed by atoms with E-state index in [2.05, 4.69) is 6.58 Å². The van der Waals surface area contributed by atoms with E-state index in [4.69, 9.17) is 10.00 Å². The Labute approximate surface area is 120 Å². The normalized spacial score (nSPS) is 11.3. The van der Waals surface area contributed by atoms with Crippen molar-refractivity contribution in [2.75, 3.05) is 26.8 Å². The van der Waals surface area contributed by atoms with Gasteiger partial charge in [0.25, 0.3) is 0 Å². The van der Waals surface area contributed by atoms with Gasteiger partial charge in [-0.05, 0) is 30.7 Å². The molecule has 0 amide bonds. The highest BCUT2D eigenvalue weighted by atomic mass is 32.2. The van der Waals surface area contributed by atoms with Gasteiger partial charge in [-0.3, -0.25) is 0 Å². The molecule has 0 bridgehead atoms. The van der Waals surface area contributed by atoms with E-state index in [1.165, 1.54) is 35.7 Å². The molecule has 0 heterocycles. The number of rotatable bonds is 7. The van der Waals surface area contributed by atoms with Crippen molar-refractivity contribution in [3.63, 3.8) is 0 Å². The van der Waals surface area contributed by atoms with Crippen LogP contribution in [0.5, 0.6) is 0 Å². The van der Waals surface area contributed by atoms with Gasteiger partial charge in [0.05, 0.1) is 23.1 Å². The largest absolute Gasteiger partial charge is 0.383 e. The Kier molecular flexibility index (Phi) is 5.89. The van der Waals surface area contributed by atoms with E-state index in [9.17, 15) is 8.42 Å². The summed E-state index contributed by atoms with van der Waals surface area (Å²) in [6.45, 7) is 6.06. The maximum atomic E-state index is 12.5. The summed E-state index contributed by atoms with van der Waals surface area (Å²) in [6, 6.07) is 6.50. The van der Waals surface area contributed by atoms with Crippen LogP contribution in [0.2, 0.25) is 0 Å². The number of hydrogen-bond donors (Lipinski definition) is 0. The SMILES string of the molecule is C=CCN(CCOC)S(=O)(=O)c1ccc(C#N)c(C)c1. The molecule has 0 fully saturated rings. The molecular weight excluding hydrogens is 276 g/mol. The monoisotopic (exact) mass is 294 g/mol. The highest BCUT2D eigenvalue weighted by Gasteiger charge is 2.23. The molecular formula is C14H18N2O3S. The zero-order valence-corrected chi connectivity index (χ0v) is 12.5. The van der Waals surface area contributed by atoms with E-state index in [-0.39, 0.29) is 18.0 Å². The van der Waals surface area contributed by atoms with Gasteiger partial charge in [-0.1, -0.05) is 6.08 Å². The summed E-state index contributed by atoms with van der Waals surface area (Å²) in [5, 5.41) is 8.88. The number of nitriles is 1. The van der Waals surface area contributed by atoms with Crippen LogP contribution in [0.1, 0.15) is 11.1 Å². The van der Waals surface area contributed by atoms with Crippen molar-refractivity contribution in [3.8, 4) is 6.07 Å². The van der Waals surface area contributed by atoms with E-state index in [0.717, 1.165) is 0 Å². The zero-order valence-electron chi connectivity index (χ0n) is 11.7. The second-order valence-electron chi connectivity index (χ2n) is 4.23. The van der Waals surface area contributed by atoms with Crippen LogP contribution in [0.3, 0.4) is 0 Å². The molecule has 0 saturated heterocycles. The van der Waals surface area contributed by atoms with Crippen LogP contribution < -0.4 is 0 Å². The van der Waals surface area contributed by atoms with Crippen molar-refractivity contribution in [2.45, 2.75) is 11.8 Å². The molecule has 0 aliphatic carbocycles. The van der Waals surface area contributed by atoms with Crippen LogP contribution in [-0.2, 0) is 14.8 Å². The molecule has 0 spiro atoms. The fourth-order valence-corrected chi connectivity index (χ4v) is 3.20. The lowest BCUT2D eigenvalue weighted by Gasteiger charge is -2.20. The molecule has 20 heavy (non-hydrogen) atoms. The second-order valence-corrected chi connectivity index (χ2v) is 6.17. The second kappa shape index (κ2) is 7.20. The first kappa shape index (κ1) is 16.4. The predicted octanol–water partition coefficient (Wildman–Crippen LogP) is 1.69. The Balaban J connectivity index is 3.15. The first-order valence-electron chi connectivity index (χ1n) is 6.08. The molecule has 0 N–H and O–H groups in total. The van der Waals surface area contributed by atoms with Crippen LogP contribution >= 0.6 is 0 Å². The van der Waals surface area contributed by atoms with Crippen molar-refractivity contribution in [1.29, 1.82) is 5.26 Å². The Bertz CT molecular complexity index is 618. The van der Waals surface area contributed by atoms with E-state index in [1.807, 2.05) is 6.07 Å². The van der Waals surface area contributed by atoms with E-state index in [0.29, 0.717) is 17.7 Å². The summed E-state index contributed by atoms with van der Waals surface area (Å²) < 4.78 is 31.3. The van der Waals surface area contributed by atoms with E-state index in [1.54, 1.807) is 6.92 Å². The molecule has 0 saturated carbocycles. The molecule has 0 radical (unpaired) electrons. The fourth-order valence-electron chi connectivity index (χ4n) is 1.72. The summed E-state index contributed by atoms with van der Waals surface area (Å²) in [6.07, 6.45) is 1.53. The quantitative estimate of drug-likeness (QED) is 0.718. The minimum atomic E-state index is -3.61. The molecule has 0 aliphatic heterocycles. The first-order valence-corrected chi connectivity index (χ1v) is 7.52. The van der Waals surface area contributed by atoms with Crippen molar-refractivity contribution in [2.24, 2.45) is 0 Å². The van der Waals surface area contributed by atoms with Crippen LogP contribution in [0.15, 0.2) is 35.7 Å². The maximum Gasteiger partial charge on any atom is 0.243 e. The molecule has 5 nitrogen and oxygen atoms in total. The fraction of sp³-hybridized carbons (Fsp3) is 0.357. The van der Waals surface area contributed by atoms with Crippen LogP contribution in [-0.4, -0.2) is 39.5 Å². The van der Waals surface area contributed by atoms with Gasteiger partial charge in [-0.15, -0.1) is 6.58 Å². The molecule has 1 aromatic carbocycles. The maximum absolute atomic E-state index is 12.5. The molecule has 0 aliphatic rings. The summed E-state index contributed by atoms with van der Waals surface area (Å²) >= 11 is 0. The lowest BCUT2D eigenvalue weighted by Crippen LogP contribution is -2.34. The number of methoxy groups -OCH3 is 1. The Hall–Kier alpha value is -1.68. The number of benzene rings is 1. The lowest BCUT2D eigenvalue weighted by atomic mass is 10.1. The van der Waals surface area contributed by atoms with Crippen molar-refractivity contribution < 1.29 is 13.2 Å². The molecule has 0 unspecified atom stereocenters. The van der Waals surface area contributed by atoms with Gasteiger partial charge >= 0.3 is 0 Å². The standard InChI is InChI=1S/C14H18N2O3S/c1-4-7-16(8-9-19-3)20(17,18)14-6-5-13(11-15)12(2)10-14/h4-6,10H,1,7-9H2,2-3H3. The molecule has 0 atom stereocenters. The first-order chi connectivity index (χ1) is 9.47. The minimum absolute atomic E-state index is 0.173. The molecule has 0 aromatic heterocycles. The van der Waals surface area contributed by atoms with Crippen molar-refractivity contribution >= 4 is 10.0 Å². The van der Waals surface area contributed by atoms with Crippen molar-refractivity contribution in [1.82, 2.24) is 4.31 Å². The van der Waals surface area contributed by atoms with Crippen LogP contribution in [0, 0.1) is 18.3 Å². The topological polar surface area (TPSA) is 70.4 Å². The number of aryl methyl sites for hydroxylation is 1. The van der Waals surface area contributed by atoms with Gasteiger partial charge in [0.15, 0.2) is 0 Å². The van der Waals surface area contributed by atoms with Crippen LogP contribution in [0.25, 0.3) is 0 Å². The third-order valence-corrected chi connectivity index (χ3v) is 4.69. The highest BCUT2D eigenvalue weighted by molar-refractivity contribution is 7.89. The average Bonchev–Trinajstić information content (AvgIpc) is 2.43. The molecule has 6 heteroatoms. The molecule has 1 aromatic rings. The van der Waals surface area contributed by atoms with Gasteiger partial charge in [0.1, 0.15) is 0 Å². The average molecular weight is 294 g/mol. The Morgan fingerprint density at radius 3 is 2.70 bits per heavy atom. The third kappa shape index (κ3) is 3.67. The number of ether oxygens (including phenoxy) is 1. The summed E-state index contributed by atoms with van der Waals surface area (Å²) in [4.78, 5) is 0.173. The Morgan fingerprint density at radius 2 is 2.20 bits per heavy atom. The smallest absolute Gasteiger partial charge is 0.243 e. The van der Waals surface area contributed by atoms with E-state index >= 15 is 0 Å². The van der Waals surface area contributed by atoms with E-state index < -0.39 is 10.0 Å². The molecule has 1 rings (SSSR count). The summed E-state index contributed by atoms with van der Waals surface area (Å²) in [5.41, 5.74) is 1.11. The number of hydrogen-bond acceptors (Lipinski definition) is 4.